The second kappa shape index (κ2) is 7.63. The molecule has 1 aromatic heterocycles. The normalized spacial score (nSPS) is 16.8. The highest BCUT2D eigenvalue weighted by Crippen LogP contribution is 2.29. The first-order valence-electron chi connectivity index (χ1n) is 8.08. The van der Waals surface area contributed by atoms with Gasteiger partial charge in [0.1, 0.15) is 0 Å². The van der Waals surface area contributed by atoms with Crippen LogP contribution in [-0.2, 0) is 11.2 Å². The van der Waals surface area contributed by atoms with E-state index in [1.54, 1.807) is 14.2 Å². The summed E-state index contributed by atoms with van der Waals surface area (Å²) in [5, 5.41) is 4.06. The lowest BCUT2D eigenvalue weighted by Crippen LogP contribution is -2.27. The van der Waals surface area contributed by atoms with Gasteiger partial charge in [-0.2, -0.15) is 4.98 Å². The number of methoxy groups -OCH3 is 2. The van der Waals surface area contributed by atoms with Gasteiger partial charge < -0.3 is 24.5 Å². The number of rotatable bonds is 6. The molecule has 1 aromatic carbocycles. The van der Waals surface area contributed by atoms with Crippen molar-refractivity contribution < 1.29 is 18.7 Å². The molecule has 0 bridgehead atoms. The second-order valence-corrected chi connectivity index (χ2v) is 5.89. The Bertz CT molecular complexity index is 668. The van der Waals surface area contributed by atoms with E-state index in [4.69, 9.17) is 24.5 Å². The number of nitrogens with two attached hydrogens (primary N) is 1. The summed E-state index contributed by atoms with van der Waals surface area (Å²) >= 11 is 0. The van der Waals surface area contributed by atoms with E-state index in [1.807, 2.05) is 18.2 Å². The lowest BCUT2D eigenvalue weighted by molar-refractivity contribution is 0.0546. The molecule has 1 atom stereocenters. The number of hydrogen-bond acceptors (Lipinski definition) is 7. The maximum Gasteiger partial charge on any atom is 0.243 e. The van der Waals surface area contributed by atoms with Crippen LogP contribution in [0.1, 0.15) is 36.2 Å². The van der Waals surface area contributed by atoms with E-state index in [0.717, 1.165) is 31.6 Å². The molecule has 0 saturated carbocycles. The van der Waals surface area contributed by atoms with Crippen LogP contribution in [-0.4, -0.2) is 37.6 Å². The summed E-state index contributed by atoms with van der Waals surface area (Å²) in [6.07, 6.45) is 2.40. The van der Waals surface area contributed by atoms with Crippen molar-refractivity contribution in [1.29, 1.82) is 0 Å². The molecule has 7 heteroatoms. The van der Waals surface area contributed by atoms with E-state index in [2.05, 4.69) is 10.1 Å². The zero-order valence-electron chi connectivity index (χ0n) is 14.0. The standard InChI is InChI=1S/C17H23N3O4/c1-21-13-4-3-11(9-14(13)22-2)10-15-19-17(24-20-15)16(18)12-5-7-23-8-6-12/h3-4,9,12,16H,5-8,10,18H2,1-2H3/t16-/m0/s1. The van der Waals surface area contributed by atoms with Crippen LogP contribution in [0.15, 0.2) is 22.7 Å². The summed E-state index contributed by atoms with van der Waals surface area (Å²) in [4.78, 5) is 4.46. The number of nitrogens with zero attached hydrogens (tertiary/aromatic N) is 2. The molecule has 1 aliphatic rings. The van der Waals surface area contributed by atoms with Crippen LogP contribution in [0.5, 0.6) is 11.5 Å². The topological polar surface area (TPSA) is 92.6 Å². The molecular weight excluding hydrogens is 310 g/mol. The molecule has 0 spiro atoms. The maximum atomic E-state index is 6.27. The highest BCUT2D eigenvalue weighted by molar-refractivity contribution is 5.43. The van der Waals surface area contributed by atoms with Crippen LogP contribution in [0.3, 0.4) is 0 Å². The number of aromatic nitrogens is 2. The average molecular weight is 333 g/mol. The summed E-state index contributed by atoms with van der Waals surface area (Å²) in [5.74, 6) is 2.81. The number of hydrogen-bond donors (Lipinski definition) is 1. The van der Waals surface area contributed by atoms with Crippen molar-refractivity contribution in [2.75, 3.05) is 27.4 Å². The van der Waals surface area contributed by atoms with E-state index in [1.165, 1.54) is 0 Å². The van der Waals surface area contributed by atoms with Crippen molar-refractivity contribution >= 4 is 0 Å². The van der Waals surface area contributed by atoms with Crippen LogP contribution in [0.25, 0.3) is 0 Å². The first-order valence-corrected chi connectivity index (χ1v) is 8.08. The van der Waals surface area contributed by atoms with Crippen molar-refractivity contribution in [3.05, 3.63) is 35.5 Å². The van der Waals surface area contributed by atoms with Gasteiger partial charge in [0, 0.05) is 19.6 Å². The highest BCUT2D eigenvalue weighted by Gasteiger charge is 2.26. The van der Waals surface area contributed by atoms with E-state index >= 15 is 0 Å². The third-order valence-electron chi connectivity index (χ3n) is 4.35. The molecule has 0 radical (unpaired) electrons. The molecule has 130 valence electrons. The largest absolute Gasteiger partial charge is 0.493 e. The molecule has 3 rings (SSSR count). The Labute approximate surface area is 141 Å². The minimum absolute atomic E-state index is 0.236. The molecule has 2 N–H and O–H groups in total. The maximum absolute atomic E-state index is 6.27. The van der Waals surface area contributed by atoms with E-state index in [-0.39, 0.29) is 6.04 Å². The predicted molar refractivity (Wildman–Crippen MR) is 87.1 cm³/mol. The van der Waals surface area contributed by atoms with E-state index in [9.17, 15) is 0 Å². The van der Waals surface area contributed by atoms with Crippen molar-refractivity contribution in [3.63, 3.8) is 0 Å². The van der Waals surface area contributed by atoms with Gasteiger partial charge in [-0.25, -0.2) is 0 Å². The average Bonchev–Trinajstić information content (AvgIpc) is 3.10. The minimum Gasteiger partial charge on any atom is -0.493 e. The molecule has 0 unspecified atom stereocenters. The summed E-state index contributed by atoms with van der Waals surface area (Å²) in [5.41, 5.74) is 7.29. The molecule has 1 fully saturated rings. The number of ether oxygens (including phenoxy) is 3. The first-order chi connectivity index (χ1) is 11.7. The van der Waals surface area contributed by atoms with Gasteiger partial charge in [-0.15, -0.1) is 0 Å². The fourth-order valence-electron chi connectivity index (χ4n) is 2.92. The minimum atomic E-state index is -0.236. The summed E-state index contributed by atoms with van der Waals surface area (Å²) in [6, 6.07) is 5.49. The molecule has 1 saturated heterocycles. The summed E-state index contributed by atoms with van der Waals surface area (Å²) in [6.45, 7) is 1.48. The van der Waals surface area contributed by atoms with E-state index in [0.29, 0.717) is 35.6 Å². The highest BCUT2D eigenvalue weighted by atomic mass is 16.5. The molecule has 24 heavy (non-hydrogen) atoms. The smallest absolute Gasteiger partial charge is 0.243 e. The Morgan fingerprint density at radius 3 is 2.67 bits per heavy atom. The van der Waals surface area contributed by atoms with Crippen LogP contribution in [0, 0.1) is 5.92 Å². The molecule has 7 nitrogen and oxygen atoms in total. The quantitative estimate of drug-likeness (QED) is 0.865. The second-order valence-electron chi connectivity index (χ2n) is 5.89. The molecule has 1 aliphatic heterocycles. The Morgan fingerprint density at radius 2 is 1.96 bits per heavy atom. The van der Waals surface area contributed by atoms with Gasteiger partial charge in [0.25, 0.3) is 0 Å². The zero-order valence-corrected chi connectivity index (χ0v) is 14.0. The van der Waals surface area contributed by atoms with Crippen LogP contribution >= 0.6 is 0 Å². The van der Waals surface area contributed by atoms with Crippen molar-refractivity contribution in [2.24, 2.45) is 11.7 Å². The Kier molecular flexibility index (Phi) is 5.32. The fraction of sp³-hybridized carbons (Fsp3) is 0.529. The molecule has 2 heterocycles. The lowest BCUT2D eigenvalue weighted by atomic mass is 9.92. The molecule has 2 aromatic rings. The first kappa shape index (κ1) is 16.7. The third kappa shape index (κ3) is 3.68. The van der Waals surface area contributed by atoms with Gasteiger partial charge in [0.2, 0.25) is 5.89 Å². The van der Waals surface area contributed by atoms with Crippen molar-refractivity contribution in [2.45, 2.75) is 25.3 Å². The summed E-state index contributed by atoms with van der Waals surface area (Å²) < 4.78 is 21.3. The predicted octanol–water partition coefficient (Wildman–Crippen LogP) is 2.10. The van der Waals surface area contributed by atoms with E-state index < -0.39 is 0 Å². The molecule has 0 aliphatic carbocycles. The fourth-order valence-corrected chi connectivity index (χ4v) is 2.92. The van der Waals surface area contributed by atoms with Crippen molar-refractivity contribution in [1.82, 2.24) is 10.1 Å². The van der Waals surface area contributed by atoms with Gasteiger partial charge in [0.05, 0.1) is 20.3 Å². The SMILES string of the molecule is COc1ccc(Cc2noc([C@@H](N)C3CCOCC3)n2)cc1OC. The monoisotopic (exact) mass is 333 g/mol. The Balaban J connectivity index is 1.69. The van der Waals surface area contributed by atoms with Crippen LogP contribution in [0.4, 0.5) is 0 Å². The van der Waals surface area contributed by atoms with Gasteiger partial charge in [-0.3, -0.25) is 0 Å². The van der Waals surface area contributed by atoms with Gasteiger partial charge in [0.15, 0.2) is 17.3 Å². The number of benzene rings is 1. The molecular formula is C17H23N3O4. The Hall–Kier alpha value is -2.12. The summed E-state index contributed by atoms with van der Waals surface area (Å²) in [7, 11) is 3.22. The zero-order chi connectivity index (χ0) is 16.9. The van der Waals surface area contributed by atoms with Crippen molar-refractivity contribution in [3.8, 4) is 11.5 Å². The third-order valence-corrected chi connectivity index (χ3v) is 4.35. The van der Waals surface area contributed by atoms with Gasteiger partial charge in [-0.1, -0.05) is 11.2 Å². The molecule has 0 amide bonds. The van der Waals surface area contributed by atoms with Gasteiger partial charge >= 0.3 is 0 Å². The van der Waals surface area contributed by atoms with Crippen LogP contribution in [0.2, 0.25) is 0 Å². The van der Waals surface area contributed by atoms with Crippen LogP contribution < -0.4 is 15.2 Å². The Morgan fingerprint density at radius 1 is 1.21 bits per heavy atom. The lowest BCUT2D eigenvalue weighted by Gasteiger charge is -2.25. The van der Waals surface area contributed by atoms with Gasteiger partial charge in [-0.05, 0) is 36.5 Å².